The molecule has 0 aliphatic heterocycles. The first-order chi connectivity index (χ1) is 15.6. The minimum Gasteiger partial charge on any atom is -0.462 e. The quantitative estimate of drug-likeness (QED) is 0.274. The van der Waals surface area contributed by atoms with Crippen molar-refractivity contribution >= 4 is 52.0 Å². The van der Waals surface area contributed by atoms with Crippen molar-refractivity contribution in [2.45, 2.75) is 12.1 Å². The maximum atomic E-state index is 12.7. The Kier molecular flexibility index (Phi) is 7.03. The highest BCUT2D eigenvalue weighted by Crippen LogP contribution is 2.35. The van der Waals surface area contributed by atoms with Gasteiger partial charge in [-0.1, -0.05) is 48.2 Å². The molecule has 10 heteroatoms. The highest BCUT2D eigenvalue weighted by atomic mass is 32.2. The number of benzene rings is 1. The fourth-order valence-electron chi connectivity index (χ4n) is 2.95. The number of aromatic nitrogens is 3. The summed E-state index contributed by atoms with van der Waals surface area (Å²) in [5, 5.41) is 13.9. The van der Waals surface area contributed by atoms with Crippen LogP contribution < -0.4 is 5.32 Å². The largest absolute Gasteiger partial charge is 0.462 e. The van der Waals surface area contributed by atoms with Crippen LogP contribution in [0.5, 0.6) is 0 Å². The van der Waals surface area contributed by atoms with E-state index >= 15 is 0 Å². The molecule has 3 aromatic heterocycles. The second-order valence-corrected chi connectivity index (χ2v) is 9.56. The Morgan fingerprint density at radius 1 is 1.12 bits per heavy atom. The van der Waals surface area contributed by atoms with Gasteiger partial charge in [0.1, 0.15) is 4.88 Å². The number of nitrogens with one attached hydrogen (secondary N) is 1. The van der Waals surface area contributed by atoms with Crippen molar-refractivity contribution in [3.05, 3.63) is 58.8 Å². The summed E-state index contributed by atoms with van der Waals surface area (Å²) in [6.07, 6.45) is 0. The van der Waals surface area contributed by atoms with Crippen LogP contribution in [0.3, 0.4) is 0 Å². The number of esters is 1. The SMILES string of the molecule is CCOC(=O)c1sc(-c2ccccc2)cc1NC(=O)CSc1nnc(-c2cccs2)n1C. The predicted octanol–water partition coefficient (Wildman–Crippen LogP) is 5.18. The number of hydrogen-bond acceptors (Lipinski definition) is 8. The Balaban J connectivity index is 1.48. The number of anilines is 1. The van der Waals surface area contributed by atoms with E-state index in [1.165, 1.54) is 23.1 Å². The lowest BCUT2D eigenvalue weighted by Gasteiger charge is -2.06. The summed E-state index contributed by atoms with van der Waals surface area (Å²) in [6, 6.07) is 15.5. The number of thioether (sulfide) groups is 1. The predicted molar refractivity (Wildman–Crippen MR) is 129 cm³/mol. The normalized spacial score (nSPS) is 10.8. The van der Waals surface area contributed by atoms with Crippen LogP contribution in [0.15, 0.2) is 59.1 Å². The number of nitrogens with zero attached hydrogens (tertiary/aromatic N) is 3. The summed E-state index contributed by atoms with van der Waals surface area (Å²) < 4.78 is 7.04. The highest BCUT2D eigenvalue weighted by molar-refractivity contribution is 7.99. The van der Waals surface area contributed by atoms with Gasteiger partial charge in [0, 0.05) is 11.9 Å². The van der Waals surface area contributed by atoms with Gasteiger partial charge in [0.25, 0.3) is 0 Å². The molecule has 0 fully saturated rings. The Bertz CT molecular complexity index is 1220. The third kappa shape index (κ3) is 4.93. The van der Waals surface area contributed by atoms with Crippen LogP contribution in [0.2, 0.25) is 0 Å². The number of rotatable bonds is 8. The maximum absolute atomic E-state index is 12.7. The number of thiophene rings is 2. The lowest BCUT2D eigenvalue weighted by Crippen LogP contribution is -2.16. The molecule has 32 heavy (non-hydrogen) atoms. The fourth-order valence-corrected chi connectivity index (χ4v) is 5.42. The van der Waals surface area contributed by atoms with Gasteiger partial charge in [-0.15, -0.1) is 32.9 Å². The molecule has 0 radical (unpaired) electrons. The van der Waals surface area contributed by atoms with E-state index in [-0.39, 0.29) is 18.3 Å². The molecule has 1 amide bonds. The Morgan fingerprint density at radius 3 is 2.66 bits per heavy atom. The van der Waals surface area contributed by atoms with E-state index in [1.54, 1.807) is 18.3 Å². The first kappa shape index (κ1) is 22.3. The second-order valence-electron chi connectivity index (χ2n) is 6.62. The van der Waals surface area contributed by atoms with E-state index in [2.05, 4.69) is 15.5 Å². The monoisotopic (exact) mass is 484 g/mol. The standard InChI is InChI=1S/C22H20N4O3S3/c1-3-29-21(28)19-15(12-17(32-19)14-8-5-4-6-9-14)23-18(27)13-31-22-25-24-20(26(22)2)16-10-7-11-30-16/h4-12H,3,13H2,1-2H3,(H,23,27). The number of amides is 1. The summed E-state index contributed by atoms with van der Waals surface area (Å²) >= 11 is 4.17. The fraction of sp³-hybridized carbons (Fsp3) is 0.182. The smallest absolute Gasteiger partial charge is 0.350 e. The molecule has 0 aliphatic carbocycles. The zero-order valence-electron chi connectivity index (χ0n) is 17.4. The van der Waals surface area contributed by atoms with Gasteiger partial charge < -0.3 is 14.6 Å². The summed E-state index contributed by atoms with van der Waals surface area (Å²) in [5.41, 5.74) is 1.42. The topological polar surface area (TPSA) is 86.1 Å². The highest BCUT2D eigenvalue weighted by Gasteiger charge is 2.21. The Hall–Kier alpha value is -2.95. The maximum Gasteiger partial charge on any atom is 0.350 e. The van der Waals surface area contributed by atoms with E-state index in [0.29, 0.717) is 15.7 Å². The summed E-state index contributed by atoms with van der Waals surface area (Å²) in [7, 11) is 1.87. The molecule has 0 saturated heterocycles. The summed E-state index contributed by atoms with van der Waals surface area (Å²) in [5.74, 6) is 0.211. The first-order valence-corrected chi connectivity index (χ1v) is 12.5. The van der Waals surface area contributed by atoms with Crippen molar-refractivity contribution in [3.63, 3.8) is 0 Å². The second kappa shape index (κ2) is 10.1. The summed E-state index contributed by atoms with van der Waals surface area (Å²) in [4.78, 5) is 27.4. The van der Waals surface area contributed by atoms with Crippen LogP contribution in [0, 0.1) is 0 Å². The van der Waals surface area contributed by atoms with Gasteiger partial charge in [0.2, 0.25) is 5.91 Å². The third-order valence-electron chi connectivity index (χ3n) is 4.43. The lowest BCUT2D eigenvalue weighted by molar-refractivity contribution is -0.113. The first-order valence-electron chi connectivity index (χ1n) is 9.79. The van der Waals surface area contributed by atoms with Gasteiger partial charge in [-0.3, -0.25) is 4.79 Å². The molecular formula is C22H20N4O3S3. The molecular weight excluding hydrogens is 464 g/mol. The van der Waals surface area contributed by atoms with Crippen LogP contribution in [0.4, 0.5) is 5.69 Å². The van der Waals surface area contributed by atoms with Gasteiger partial charge in [-0.2, -0.15) is 0 Å². The molecule has 7 nitrogen and oxygen atoms in total. The minimum absolute atomic E-state index is 0.134. The molecule has 0 saturated carbocycles. The molecule has 3 heterocycles. The Labute approximate surface area is 197 Å². The Morgan fingerprint density at radius 2 is 1.94 bits per heavy atom. The van der Waals surface area contributed by atoms with Gasteiger partial charge >= 0.3 is 5.97 Å². The van der Waals surface area contributed by atoms with E-state index in [9.17, 15) is 9.59 Å². The molecule has 0 unspecified atom stereocenters. The third-order valence-corrected chi connectivity index (χ3v) is 7.48. The zero-order chi connectivity index (χ0) is 22.5. The molecule has 0 bridgehead atoms. The van der Waals surface area contributed by atoms with E-state index < -0.39 is 5.97 Å². The van der Waals surface area contributed by atoms with E-state index in [4.69, 9.17) is 4.74 Å². The molecule has 164 valence electrons. The van der Waals surface area contributed by atoms with Crippen LogP contribution in [0.1, 0.15) is 16.6 Å². The molecule has 4 aromatic rings. The molecule has 0 spiro atoms. The van der Waals surface area contributed by atoms with Gasteiger partial charge in [-0.25, -0.2) is 4.79 Å². The van der Waals surface area contributed by atoms with Crippen molar-refractivity contribution in [1.82, 2.24) is 14.8 Å². The van der Waals surface area contributed by atoms with Crippen LogP contribution in [0.25, 0.3) is 21.1 Å². The van der Waals surface area contributed by atoms with Crippen molar-refractivity contribution in [2.75, 3.05) is 17.7 Å². The molecule has 1 N–H and O–H groups in total. The van der Waals surface area contributed by atoms with Crippen LogP contribution in [-0.2, 0) is 16.6 Å². The summed E-state index contributed by atoms with van der Waals surface area (Å²) in [6.45, 7) is 2.02. The van der Waals surface area contributed by atoms with Crippen LogP contribution >= 0.6 is 34.4 Å². The van der Waals surface area contributed by atoms with Crippen LogP contribution in [-0.4, -0.2) is 39.0 Å². The average Bonchev–Trinajstić information content (AvgIpc) is 3.53. The molecule has 0 atom stereocenters. The molecule has 4 rings (SSSR count). The molecule has 1 aromatic carbocycles. The number of ether oxygens (including phenoxy) is 1. The van der Waals surface area contributed by atoms with E-state index in [1.807, 2.05) is 65.5 Å². The van der Waals surface area contributed by atoms with Gasteiger partial charge in [0.05, 0.1) is 22.9 Å². The average molecular weight is 485 g/mol. The van der Waals surface area contributed by atoms with Gasteiger partial charge in [0.15, 0.2) is 11.0 Å². The van der Waals surface area contributed by atoms with Crippen molar-refractivity contribution in [1.29, 1.82) is 0 Å². The molecule has 0 aliphatic rings. The number of carbonyl (C=O) groups is 2. The van der Waals surface area contributed by atoms with Crippen molar-refractivity contribution < 1.29 is 14.3 Å². The minimum atomic E-state index is -0.448. The number of carbonyl (C=O) groups excluding carboxylic acids is 2. The zero-order valence-corrected chi connectivity index (χ0v) is 19.9. The van der Waals surface area contributed by atoms with Gasteiger partial charge in [-0.05, 0) is 30.0 Å². The lowest BCUT2D eigenvalue weighted by atomic mass is 10.2. The number of hydrogen-bond donors (Lipinski definition) is 1. The van der Waals surface area contributed by atoms with Crippen molar-refractivity contribution in [2.24, 2.45) is 7.05 Å². The van der Waals surface area contributed by atoms with Crippen molar-refractivity contribution in [3.8, 4) is 21.1 Å². The van der Waals surface area contributed by atoms with E-state index in [0.717, 1.165) is 21.1 Å².